The fraction of sp³-hybridized carbons (Fsp3) is 0.919. The molecule has 0 saturated carbocycles. The predicted molar refractivity (Wildman–Crippen MR) is 301 cm³/mol. The molecule has 0 amide bonds. The minimum absolute atomic E-state index is 0.106. The summed E-state index contributed by atoms with van der Waals surface area (Å²) >= 11 is 0. The Bertz CT molecular complexity index is 1050. The van der Waals surface area contributed by atoms with Crippen LogP contribution in [0.25, 0.3) is 0 Å². The van der Waals surface area contributed by atoms with Gasteiger partial charge >= 0.3 is 5.97 Å². The highest BCUT2D eigenvalue weighted by molar-refractivity contribution is 5.70. The molecule has 0 aromatic heterocycles. The minimum Gasteiger partial charge on any atom is -0.458 e. The summed E-state index contributed by atoms with van der Waals surface area (Å²) in [4.78, 5) is 13.3. The summed E-state index contributed by atoms with van der Waals surface area (Å²) in [7, 11) is 1.66. The summed E-state index contributed by atoms with van der Waals surface area (Å²) in [6.45, 7) is 12.4. The van der Waals surface area contributed by atoms with E-state index in [0.29, 0.717) is 72.7 Å². The van der Waals surface area contributed by atoms with Crippen LogP contribution in [-0.2, 0) is 42.7 Å². The molecule has 0 spiro atoms. The van der Waals surface area contributed by atoms with Crippen LogP contribution in [0.15, 0.2) is 24.3 Å². The van der Waals surface area contributed by atoms with Crippen LogP contribution in [0.2, 0.25) is 0 Å². The normalized spacial score (nSPS) is 12.8. The highest BCUT2D eigenvalue weighted by Gasteiger charge is 2.26. The first kappa shape index (κ1) is 69.7. The second-order valence-electron chi connectivity index (χ2n) is 20.2. The number of ether oxygens (including phenoxy) is 8. The molecule has 0 aromatic carbocycles. The molecule has 0 aliphatic carbocycles. The fourth-order valence-electron chi connectivity index (χ4n) is 8.81. The van der Waals surface area contributed by atoms with Gasteiger partial charge in [-0.05, 0) is 77.0 Å². The molecule has 422 valence electrons. The van der Waals surface area contributed by atoms with Crippen LogP contribution in [0.1, 0.15) is 271 Å². The zero-order valence-corrected chi connectivity index (χ0v) is 47.7. The van der Waals surface area contributed by atoms with E-state index in [0.717, 1.165) is 38.5 Å². The summed E-state index contributed by atoms with van der Waals surface area (Å²) < 4.78 is 46.5. The number of carbonyl (C=O) groups excluding carboxylic acids is 1. The molecule has 0 saturated heterocycles. The summed E-state index contributed by atoms with van der Waals surface area (Å²) in [6.07, 6.45) is 58.4. The van der Waals surface area contributed by atoms with Crippen LogP contribution in [-0.4, -0.2) is 105 Å². The molecule has 71 heavy (non-hydrogen) atoms. The largest absolute Gasteiger partial charge is 0.458 e. The monoisotopic (exact) mass is 1010 g/mol. The van der Waals surface area contributed by atoms with E-state index in [4.69, 9.17) is 37.9 Å². The van der Waals surface area contributed by atoms with Crippen molar-refractivity contribution in [3.63, 3.8) is 0 Å². The smallest absolute Gasteiger partial charge is 0.332 e. The molecule has 2 unspecified atom stereocenters. The first-order valence-electron chi connectivity index (χ1n) is 30.7. The van der Waals surface area contributed by atoms with Crippen molar-refractivity contribution in [3.8, 4) is 0 Å². The summed E-state index contributed by atoms with van der Waals surface area (Å²) in [5, 5.41) is 0. The molecule has 9 heteroatoms. The lowest BCUT2D eigenvalue weighted by Gasteiger charge is -2.27. The lowest BCUT2D eigenvalue weighted by atomic mass is 10.0. The molecule has 0 aromatic rings. The Morgan fingerprint density at radius 2 is 0.676 bits per heavy atom. The Morgan fingerprint density at radius 1 is 0.338 bits per heavy atom. The third-order valence-corrected chi connectivity index (χ3v) is 13.4. The van der Waals surface area contributed by atoms with Gasteiger partial charge in [0.2, 0.25) is 0 Å². The number of hydrogen-bond acceptors (Lipinski definition) is 9. The molecule has 0 heterocycles. The van der Waals surface area contributed by atoms with Crippen LogP contribution in [0.3, 0.4) is 0 Å². The Balaban J connectivity index is 5.00. The molecule has 0 aliphatic heterocycles. The highest BCUT2D eigenvalue weighted by Crippen LogP contribution is 2.19. The Kier molecular flexibility index (Phi) is 61.8. The van der Waals surface area contributed by atoms with E-state index >= 15 is 0 Å². The molecule has 0 radical (unpaired) electrons. The van der Waals surface area contributed by atoms with Gasteiger partial charge in [0.1, 0.15) is 18.8 Å². The van der Waals surface area contributed by atoms with Crippen LogP contribution in [0.5, 0.6) is 0 Å². The lowest BCUT2D eigenvalue weighted by molar-refractivity contribution is -0.167. The molecule has 0 aliphatic rings. The van der Waals surface area contributed by atoms with Gasteiger partial charge in [0.15, 0.2) is 0 Å². The van der Waals surface area contributed by atoms with Crippen molar-refractivity contribution in [2.24, 2.45) is 0 Å². The Hall–Kier alpha value is -1.33. The predicted octanol–water partition coefficient (Wildman–Crippen LogP) is 17.4. The van der Waals surface area contributed by atoms with Crippen LogP contribution >= 0.6 is 0 Å². The van der Waals surface area contributed by atoms with Crippen molar-refractivity contribution < 1.29 is 42.7 Å². The summed E-state index contributed by atoms with van der Waals surface area (Å²) in [6, 6.07) is 0. The second kappa shape index (κ2) is 63.0. The quantitative estimate of drug-likeness (QED) is 0.0336. The lowest BCUT2D eigenvalue weighted by Crippen LogP contribution is -2.38. The van der Waals surface area contributed by atoms with Gasteiger partial charge in [-0.3, -0.25) is 0 Å². The Labute approximate surface area is 441 Å². The van der Waals surface area contributed by atoms with Gasteiger partial charge in [-0.25, -0.2) is 4.79 Å². The third-order valence-electron chi connectivity index (χ3n) is 13.4. The van der Waals surface area contributed by atoms with E-state index in [1.165, 1.54) is 212 Å². The number of allylic oxidation sites excluding steroid dienone is 4. The topological polar surface area (TPSA) is 90.9 Å². The molecular formula is C62H120O9. The maximum atomic E-state index is 13.3. The molecule has 0 fully saturated rings. The number of rotatable bonds is 62. The van der Waals surface area contributed by atoms with E-state index in [1.54, 1.807) is 7.11 Å². The number of methoxy groups -OCH3 is 1. The van der Waals surface area contributed by atoms with Crippen molar-refractivity contribution in [1.82, 2.24) is 0 Å². The van der Waals surface area contributed by atoms with Crippen molar-refractivity contribution in [2.75, 3.05) is 86.4 Å². The molecule has 2 atom stereocenters. The average molecular weight is 1010 g/mol. The fourth-order valence-corrected chi connectivity index (χ4v) is 8.81. The van der Waals surface area contributed by atoms with Crippen molar-refractivity contribution in [1.29, 1.82) is 0 Å². The molecule has 0 bridgehead atoms. The van der Waals surface area contributed by atoms with Crippen molar-refractivity contribution in [2.45, 2.75) is 283 Å². The van der Waals surface area contributed by atoms with Crippen LogP contribution < -0.4 is 0 Å². The second-order valence-corrected chi connectivity index (χ2v) is 20.2. The van der Waals surface area contributed by atoms with Gasteiger partial charge in [0, 0.05) is 20.3 Å². The molecule has 9 nitrogen and oxygen atoms in total. The van der Waals surface area contributed by atoms with Gasteiger partial charge in [-0.2, -0.15) is 0 Å². The number of unbranched alkanes of at least 4 members (excludes halogenated alkanes) is 33. The van der Waals surface area contributed by atoms with E-state index in [-0.39, 0.29) is 24.8 Å². The highest BCUT2D eigenvalue weighted by atomic mass is 16.6. The third kappa shape index (κ3) is 57.8. The number of esters is 1. The standard InChI is InChI=1S/C62H120O9/c1-5-8-11-14-17-20-23-25-27-29-31-33-36-39-42-45-48-68-58-61(70-49-46-43-40-37-34-32-30-28-26-24-21-18-15-12-9-6-2)60(47-44-41-38-35-22-19-16-13-10-7-3)71-62(63)59-69-57-56-67-55-54-66-53-52-65-51-50-64-4/h25-28,60-61H,5-24,29-59H2,1-4H3/b27-25-,28-26-. The van der Waals surface area contributed by atoms with Crippen molar-refractivity contribution >= 4 is 5.97 Å². The summed E-state index contributed by atoms with van der Waals surface area (Å²) in [5.41, 5.74) is 0. The molecule has 0 N–H and O–H groups in total. The van der Waals surface area contributed by atoms with E-state index in [2.05, 4.69) is 45.1 Å². The Morgan fingerprint density at radius 3 is 1.08 bits per heavy atom. The van der Waals surface area contributed by atoms with Crippen LogP contribution in [0, 0.1) is 0 Å². The van der Waals surface area contributed by atoms with Gasteiger partial charge in [-0.1, -0.05) is 218 Å². The van der Waals surface area contributed by atoms with Crippen LogP contribution in [0.4, 0.5) is 0 Å². The minimum atomic E-state index is -0.360. The van der Waals surface area contributed by atoms with E-state index in [9.17, 15) is 4.79 Å². The first-order chi connectivity index (χ1) is 35.2. The maximum absolute atomic E-state index is 13.3. The zero-order chi connectivity index (χ0) is 51.3. The van der Waals surface area contributed by atoms with Crippen molar-refractivity contribution in [3.05, 3.63) is 24.3 Å². The van der Waals surface area contributed by atoms with Gasteiger partial charge < -0.3 is 37.9 Å². The number of carbonyl (C=O) groups is 1. The van der Waals surface area contributed by atoms with Gasteiger partial charge in [-0.15, -0.1) is 0 Å². The molecule has 0 rings (SSSR count). The zero-order valence-electron chi connectivity index (χ0n) is 47.7. The summed E-state index contributed by atoms with van der Waals surface area (Å²) in [5.74, 6) is -0.349. The van der Waals surface area contributed by atoms with Gasteiger partial charge in [0.05, 0.1) is 59.5 Å². The first-order valence-corrected chi connectivity index (χ1v) is 30.7. The van der Waals surface area contributed by atoms with Gasteiger partial charge in [0.25, 0.3) is 0 Å². The SMILES string of the molecule is CCCCCCCC/C=C\CCCCCCCCOCC(OCCCCCCCC/C=C\CCCCCCCC)C(CCCCCCCCCCCC)OC(=O)COCCOCCOCCOCCOC. The number of hydrogen-bond donors (Lipinski definition) is 0. The van der Waals surface area contributed by atoms with E-state index < -0.39 is 0 Å². The average Bonchev–Trinajstić information content (AvgIpc) is 3.37. The van der Waals surface area contributed by atoms with E-state index in [1.807, 2.05) is 0 Å². The maximum Gasteiger partial charge on any atom is 0.332 e. The molecular weight excluding hydrogens is 889 g/mol.